The number of benzene rings is 2. The van der Waals surface area contributed by atoms with Crippen molar-refractivity contribution in [2.45, 2.75) is 18.7 Å². The molecule has 0 saturated carbocycles. The van der Waals surface area contributed by atoms with Crippen molar-refractivity contribution in [2.75, 3.05) is 6.61 Å². The molecule has 28 heavy (non-hydrogen) atoms. The lowest BCUT2D eigenvalue weighted by molar-refractivity contribution is -0.185. The van der Waals surface area contributed by atoms with E-state index in [9.17, 15) is 26.7 Å². The second kappa shape index (κ2) is 8.73. The van der Waals surface area contributed by atoms with Crippen molar-refractivity contribution in [2.24, 2.45) is 0 Å². The van der Waals surface area contributed by atoms with E-state index in [0.29, 0.717) is 5.56 Å². The lowest BCUT2D eigenvalue weighted by atomic mass is 10.1. The molecule has 0 heterocycles. The van der Waals surface area contributed by atoms with Crippen molar-refractivity contribution < 1.29 is 41.3 Å². The molecule has 0 aliphatic rings. The highest BCUT2D eigenvalue weighted by molar-refractivity contribution is 5.85. The van der Waals surface area contributed by atoms with Crippen LogP contribution in [0.5, 0.6) is 11.5 Å². The molecule has 9 heteroatoms. The summed E-state index contributed by atoms with van der Waals surface area (Å²) >= 11 is 0. The van der Waals surface area contributed by atoms with Crippen LogP contribution >= 0.6 is 0 Å². The predicted molar refractivity (Wildman–Crippen MR) is 90.2 cm³/mol. The van der Waals surface area contributed by atoms with Crippen LogP contribution in [0, 0.1) is 0 Å². The highest BCUT2D eigenvalue weighted by Crippen LogP contribution is 2.32. The van der Waals surface area contributed by atoms with Crippen LogP contribution in [0.3, 0.4) is 0 Å². The third-order valence-corrected chi connectivity index (χ3v) is 3.39. The minimum absolute atomic E-state index is 0.0921. The standard InChI is InChI=1S/C19H15F5O4/c20-18(21,22)11-12-27-15-6-8-16(9-7-15)28-19(23,24)14-4-1-13(2-5-14)3-10-17(25)26/h1-10H,11-12H2,(H,25,26)/b10-3+. The molecule has 2 aromatic rings. The summed E-state index contributed by atoms with van der Waals surface area (Å²) in [5.74, 6) is -1.28. The minimum atomic E-state index is -4.34. The first-order valence-corrected chi connectivity index (χ1v) is 7.93. The summed E-state index contributed by atoms with van der Waals surface area (Å²) in [4.78, 5) is 10.4. The summed E-state index contributed by atoms with van der Waals surface area (Å²) in [5, 5.41) is 8.54. The van der Waals surface area contributed by atoms with Gasteiger partial charge >= 0.3 is 18.3 Å². The van der Waals surface area contributed by atoms with Gasteiger partial charge in [0.25, 0.3) is 0 Å². The van der Waals surface area contributed by atoms with Gasteiger partial charge in [0.1, 0.15) is 11.5 Å². The average Bonchev–Trinajstić information content (AvgIpc) is 2.60. The zero-order chi connectivity index (χ0) is 20.8. The second-order valence-corrected chi connectivity index (χ2v) is 5.60. The Morgan fingerprint density at radius 2 is 1.50 bits per heavy atom. The molecule has 0 amide bonds. The highest BCUT2D eigenvalue weighted by atomic mass is 19.4. The maximum absolute atomic E-state index is 14.2. The van der Waals surface area contributed by atoms with Crippen LogP contribution in [-0.4, -0.2) is 23.9 Å². The lowest BCUT2D eigenvalue weighted by Gasteiger charge is -2.18. The molecule has 2 aromatic carbocycles. The van der Waals surface area contributed by atoms with Gasteiger partial charge in [-0.1, -0.05) is 12.1 Å². The van der Waals surface area contributed by atoms with Crippen LogP contribution in [0.4, 0.5) is 22.0 Å². The molecular formula is C19H15F5O4. The van der Waals surface area contributed by atoms with E-state index in [2.05, 4.69) is 4.74 Å². The molecule has 4 nitrogen and oxygen atoms in total. The van der Waals surface area contributed by atoms with Gasteiger partial charge in [-0.25, -0.2) is 4.79 Å². The Kier molecular flexibility index (Phi) is 6.61. The molecule has 0 fully saturated rings. The fourth-order valence-corrected chi connectivity index (χ4v) is 2.05. The van der Waals surface area contributed by atoms with E-state index in [4.69, 9.17) is 9.84 Å². The molecule has 2 rings (SSSR count). The van der Waals surface area contributed by atoms with E-state index in [1.165, 1.54) is 30.3 Å². The molecule has 0 bridgehead atoms. The van der Waals surface area contributed by atoms with Gasteiger partial charge in [0.05, 0.1) is 18.6 Å². The molecule has 0 spiro atoms. The van der Waals surface area contributed by atoms with Crippen LogP contribution in [0.2, 0.25) is 0 Å². The van der Waals surface area contributed by atoms with E-state index in [0.717, 1.165) is 30.3 Å². The summed E-state index contributed by atoms with van der Waals surface area (Å²) in [5.41, 5.74) is -0.0345. The third-order valence-electron chi connectivity index (χ3n) is 3.39. The van der Waals surface area contributed by atoms with E-state index >= 15 is 0 Å². The van der Waals surface area contributed by atoms with Crippen LogP contribution in [-0.2, 0) is 10.9 Å². The van der Waals surface area contributed by atoms with Gasteiger partial charge in [0.2, 0.25) is 0 Å². The van der Waals surface area contributed by atoms with Gasteiger partial charge < -0.3 is 14.6 Å². The maximum atomic E-state index is 14.2. The lowest BCUT2D eigenvalue weighted by Crippen LogP contribution is -2.21. The van der Waals surface area contributed by atoms with Crippen molar-refractivity contribution >= 4 is 12.0 Å². The number of alkyl halides is 5. The Labute approximate surface area is 156 Å². The molecule has 0 aromatic heterocycles. The van der Waals surface area contributed by atoms with Crippen molar-refractivity contribution in [3.8, 4) is 11.5 Å². The smallest absolute Gasteiger partial charge is 0.426 e. The summed E-state index contributed by atoms with van der Waals surface area (Å²) in [6.45, 7) is -0.581. The number of aliphatic carboxylic acids is 1. The van der Waals surface area contributed by atoms with Gasteiger partial charge in [-0.3, -0.25) is 0 Å². The molecule has 150 valence electrons. The Bertz CT molecular complexity index is 812. The molecule has 0 radical (unpaired) electrons. The zero-order valence-electron chi connectivity index (χ0n) is 14.2. The number of carboxylic acid groups (broad SMARTS) is 1. The first kappa shape index (κ1) is 21.2. The summed E-state index contributed by atoms with van der Waals surface area (Å²) < 4.78 is 74.2. The normalized spacial score (nSPS) is 12.2. The zero-order valence-corrected chi connectivity index (χ0v) is 14.2. The first-order valence-electron chi connectivity index (χ1n) is 7.93. The Morgan fingerprint density at radius 1 is 0.929 bits per heavy atom. The SMILES string of the molecule is O=C(O)/C=C/c1ccc(C(F)(F)Oc2ccc(OCCC(F)(F)F)cc2)cc1. The number of carbonyl (C=O) groups is 1. The number of halogens is 5. The average molecular weight is 402 g/mol. The fraction of sp³-hybridized carbons (Fsp3) is 0.211. The van der Waals surface area contributed by atoms with Gasteiger partial charge in [-0.2, -0.15) is 22.0 Å². The van der Waals surface area contributed by atoms with E-state index < -0.39 is 36.8 Å². The summed E-state index contributed by atoms with van der Waals surface area (Å²) in [6, 6.07) is 9.56. The molecule has 0 saturated heterocycles. The minimum Gasteiger partial charge on any atom is -0.493 e. The van der Waals surface area contributed by atoms with Gasteiger partial charge in [-0.15, -0.1) is 0 Å². The summed E-state index contributed by atoms with van der Waals surface area (Å²) in [7, 11) is 0. The van der Waals surface area contributed by atoms with Gasteiger partial charge in [-0.05, 0) is 48.0 Å². The Morgan fingerprint density at radius 3 is 2.04 bits per heavy atom. The van der Waals surface area contributed by atoms with Crippen LogP contribution < -0.4 is 9.47 Å². The van der Waals surface area contributed by atoms with Crippen molar-refractivity contribution in [1.29, 1.82) is 0 Å². The number of hydrogen-bond acceptors (Lipinski definition) is 3. The quantitative estimate of drug-likeness (QED) is 0.484. The van der Waals surface area contributed by atoms with Gasteiger partial charge in [0, 0.05) is 6.08 Å². The third kappa shape index (κ3) is 6.90. The number of rotatable bonds is 8. The molecule has 0 aliphatic carbocycles. The maximum Gasteiger partial charge on any atom is 0.426 e. The Hall–Kier alpha value is -3.10. The Balaban J connectivity index is 1.98. The van der Waals surface area contributed by atoms with Crippen LogP contribution in [0.15, 0.2) is 54.6 Å². The van der Waals surface area contributed by atoms with E-state index in [-0.39, 0.29) is 11.5 Å². The second-order valence-electron chi connectivity index (χ2n) is 5.60. The van der Waals surface area contributed by atoms with Crippen LogP contribution in [0.25, 0.3) is 6.08 Å². The summed E-state index contributed by atoms with van der Waals surface area (Å²) in [6.07, 6.45) is -7.01. The monoisotopic (exact) mass is 402 g/mol. The fourth-order valence-electron chi connectivity index (χ4n) is 2.05. The molecule has 0 atom stereocenters. The van der Waals surface area contributed by atoms with Crippen molar-refractivity contribution in [3.05, 3.63) is 65.7 Å². The highest BCUT2D eigenvalue weighted by Gasteiger charge is 2.34. The van der Waals surface area contributed by atoms with E-state index in [1.54, 1.807) is 0 Å². The van der Waals surface area contributed by atoms with Crippen LogP contribution in [0.1, 0.15) is 17.5 Å². The van der Waals surface area contributed by atoms with Crippen molar-refractivity contribution in [1.82, 2.24) is 0 Å². The molecule has 0 unspecified atom stereocenters. The largest absolute Gasteiger partial charge is 0.493 e. The topological polar surface area (TPSA) is 55.8 Å². The first-order chi connectivity index (χ1) is 13.0. The number of carboxylic acids is 1. The van der Waals surface area contributed by atoms with E-state index in [1.807, 2.05) is 0 Å². The van der Waals surface area contributed by atoms with Gasteiger partial charge in [0.15, 0.2) is 0 Å². The molecular weight excluding hydrogens is 387 g/mol. The number of ether oxygens (including phenoxy) is 2. The number of hydrogen-bond donors (Lipinski definition) is 1. The molecule has 0 aliphatic heterocycles. The van der Waals surface area contributed by atoms with Crippen molar-refractivity contribution in [3.63, 3.8) is 0 Å². The predicted octanol–water partition coefficient (Wildman–Crippen LogP) is 5.24. The molecule has 1 N–H and O–H groups in total.